The van der Waals surface area contributed by atoms with Gasteiger partial charge in [-0.05, 0) is 31.1 Å². The molecule has 1 atom stereocenters. The monoisotopic (exact) mass is 250 g/mol. The Balaban J connectivity index is 0. The van der Waals surface area contributed by atoms with Crippen molar-refractivity contribution >= 4 is 19.5 Å². The van der Waals surface area contributed by atoms with Gasteiger partial charge in [0.2, 0.25) is 0 Å². The van der Waals surface area contributed by atoms with Crippen LogP contribution in [-0.4, -0.2) is 24.3 Å². The Labute approximate surface area is 106 Å². The molecule has 1 N–H and O–H groups in total. The molecule has 0 fully saturated rings. The Bertz CT molecular complexity index is 187. The Hall–Kier alpha value is -0.220. The van der Waals surface area contributed by atoms with Crippen LogP contribution in [0.15, 0.2) is 0 Å². The van der Waals surface area contributed by atoms with E-state index in [9.17, 15) is 4.79 Å². The number of esters is 1. The van der Waals surface area contributed by atoms with Gasteiger partial charge in [-0.15, -0.1) is 0 Å². The van der Waals surface area contributed by atoms with Crippen LogP contribution in [0.5, 0.6) is 0 Å². The molecule has 0 aromatic rings. The molecular formula is C12H26O3S. The fourth-order valence-corrected chi connectivity index (χ4v) is 1.35. The number of rotatable bonds is 6. The lowest BCUT2D eigenvalue weighted by atomic mass is 9.86. The third-order valence-electron chi connectivity index (χ3n) is 2.32. The van der Waals surface area contributed by atoms with Crippen LogP contribution >= 0.6 is 13.5 Å². The number of ether oxygens (including phenoxy) is 1. The second kappa shape index (κ2) is 8.88. The minimum absolute atomic E-state index is 0. The van der Waals surface area contributed by atoms with E-state index >= 15 is 0 Å². The van der Waals surface area contributed by atoms with E-state index in [4.69, 9.17) is 9.84 Å². The largest absolute Gasteiger partial charge is 0.466 e. The molecule has 0 saturated carbocycles. The first kappa shape index (κ1) is 18.2. The maximum absolute atomic E-state index is 11.2. The quantitative estimate of drug-likeness (QED) is 0.737. The predicted molar refractivity (Wildman–Crippen MR) is 70.9 cm³/mol. The summed E-state index contributed by atoms with van der Waals surface area (Å²) in [6, 6.07) is 0. The van der Waals surface area contributed by atoms with Crippen molar-refractivity contribution in [2.45, 2.75) is 47.0 Å². The fourth-order valence-electron chi connectivity index (χ4n) is 1.35. The Morgan fingerprint density at radius 1 is 1.38 bits per heavy atom. The van der Waals surface area contributed by atoms with E-state index in [1.54, 1.807) is 6.92 Å². The Morgan fingerprint density at radius 2 is 1.94 bits per heavy atom. The molecule has 0 aliphatic carbocycles. The average molecular weight is 250 g/mol. The highest BCUT2D eigenvalue weighted by Gasteiger charge is 2.17. The highest BCUT2D eigenvalue weighted by Crippen LogP contribution is 2.24. The van der Waals surface area contributed by atoms with E-state index in [0.717, 1.165) is 12.8 Å². The summed E-state index contributed by atoms with van der Waals surface area (Å²) in [4.78, 5) is 11.2. The molecule has 98 valence electrons. The van der Waals surface area contributed by atoms with Gasteiger partial charge < -0.3 is 9.84 Å². The van der Waals surface area contributed by atoms with Crippen molar-refractivity contribution in [2.24, 2.45) is 11.3 Å². The van der Waals surface area contributed by atoms with E-state index in [1.807, 2.05) is 0 Å². The van der Waals surface area contributed by atoms with Crippen molar-refractivity contribution in [3.63, 3.8) is 0 Å². The highest BCUT2D eigenvalue weighted by molar-refractivity contribution is 7.59. The molecule has 0 aliphatic rings. The minimum atomic E-state index is -0.203. The summed E-state index contributed by atoms with van der Waals surface area (Å²) in [6.07, 6.45) is 2.22. The summed E-state index contributed by atoms with van der Waals surface area (Å²) in [5, 5.41) is 9.13. The third-order valence-corrected chi connectivity index (χ3v) is 2.32. The number of aliphatic hydroxyl groups excluding tert-OH is 1. The molecule has 16 heavy (non-hydrogen) atoms. The second-order valence-corrected chi connectivity index (χ2v) is 5.16. The first-order valence-electron chi connectivity index (χ1n) is 5.65. The summed E-state index contributed by atoms with van der Waals surface area (Å²) in [5.41, 5.74) is 0.252. The van der Waals surface area contributed by atoms with Gasteiger partial charge in [0.25, 0.3) is 0 Å². The Morgan fingerprint density at radius 3 is 2.31 bits per heavy atom. The Kier molecular flexibility index (Phi) is 10.1. The molecule has 0 saturated heterocycles. The summed E-state index contributed by atoms with van der Waals surface area (Å²) < 4.78 is 4.86. The van der Waals surface area contributed by atoms with E-state index < -0.39 is 0 Å². The van der Waals surface area contributed by atoms with Crippen LogP contribution in [0.3, 0.4) is 0 Å². The van der Waals surface area contributed by atoms with Crippen LogP contribution in [0.25, 0.3) is 0 Å². The fraction of sp³-hybridized carbons (Fsp3) is 0.917. The van der Waals surface area contributed by atoms with E-state index in [0.29, 0.717) is 13.0 Å². The van der Waals surface area contributed by atoms with Gasteiger partial charge in [0, 0.05) is 6.61 Å². The van der Waals surface area contributed by atoms with Crippen molar-refractivity contribution in [1.82, 2.24) is 0 Å². The maximum Gasteiger partial charge on any atom is 0.306 e. The van der Waals surface area contributed by atoms with Crippen LogP contribution in [0.4, 0.5) is 0 Å². The van der Waals surface area contributed by atoms with Gasteiger partial charge in [-0.1, -0.05) is 20.8 Å². The van der Waals surface area contributed by atoms with E-state index in [2.05, 4.69) is 20.8 Å². The molecule has 0 aromatic heterocycles. The van der Waals surface area contributed by atoms with Gasteiger partial charge in [-0.3, -0.25) is 4.79 Å². The van der Waals surface area contributed by atoms with Crippen molar-refractivity contribution in [1.29, 1.82) is 0 Å². The predicted octanol–water partition coefficient (Wildman–Crippen LogP) is 2.49. The summed E-state index contributed by atoms with van der Waals surface area (Å²) >= 11 is 0. The number of hydrogen-bond donors (Lipinski definition) is 1. The first-order chi connectivity index (χ1) is 6.89. The van der Waals surface area contributed by atoms with Crippen LogP contribution < -0.4 is 0 Å². The zero-order valence-corrected chi connectivity index (χ0v) is 11.9. The van der Waals surface area contributed by atoms with Crippen LogP contribution in [0.2, 0.25) is 0 Å². The van der Waals surface area contributed by atoms with Crippen molar-refractivity contribution in [2.75, 3.05) is 13.2 Å². The lowest BCUT2D eigenvalue weighted by Crippen LogP contribution is -2.17. The van der Waals surface area contributed by atoms with Gasteiger partial charge >= 0.3 is 5.97 Å². The van der Waals surface area contributed by atoms with Crippen molar-refractivity contribution in [3.8, 4) is 0 Å². The minimum Gasteiger partial charge on any atom is -0.466 e. The maximum atomic E-state index is 11.2. The average Bonchev–Trinajstić information content (AvgIpc) is 2.11. The normalized spacial score (nSPS) is 12.8. The second-order valence-electron chi connectivity index (χ2n) is 5.16. The number of carbonyl (C=O) groups excluding carboxylic acids is 1. The van der Waals surface area contributed by atoms with Crippen LogP contribution in [-0.2, 0) is 9.53 Å². The van der Waals surface area contributed by atoms with Gasteiger partial charge in [-0.2, -0.15) is 13.5 Å². The van der Waals surface area contributed by atoms with Crippen LogP contribution in [0.1, 0.15) is 47.0 Å². The SMILES string of the molecule is CCOC(=O)C[C@@H](CO)CCC(C)(C)C.S. The van der Waals surface area contributed by atoms with Crippen molar-refractivity contribution < 1.29 is 14.6 Å². The van der Waals surface area contributed by atoms with Gasteiger partial charge in [0.1, 0.15) is 0 Å². The molecule has 0 unspecified atom stereocenters. The first-order valence-corrected chi connectivity index (χ1v) is 5.65. The van der Waals surface area contributed by atoms with Gasteiger partial charge in [-0.25, -0.2) is 0 Å². The topological polar surface area (TPSA) is 46.5 Å². The molecule has 0 rings (SSSR count). The zero-order valence-electron chi connectivity index (χ0n) is 10.9. The molecule has 0 amide bonds. The number of aliphatic hydroxyl groups is 1. The van der Waals surface area contributed by atoms with Crippen LogP contribution in [0, 0.1) is 11.3 Å². The summed E-state index contributed by atoms with van der Waals surface area (Å²) in [6.45, 7) is 8.75. The lowest BCUT2D eigenvalue weighted by Gasteiger charge is -2.21. The smallest absolute Gasteiger partial charge is 0.306 e. The van der Waals surface area contributed by atoms with Gasteiger partial charge in [0.05, 0.1) is 13.0 Å². The molecule has 0 bridgehead atoms. The molecule has 0 heterocycles. The summed E-state index contributed by atoms with van der Waals surface area (Å²) in [7, 11) is 0. The highest BCUT2D eigenvalue weighted by atomic mass is 32.1. The third kappa shape index (κ3) is 10.3. The molecule has 0 aromatic carbocycles. The zero-order chi connectivity index (χ0) is 11.9. The van der Waals surface area contributed by atoms with Gasteiger partial charge in [0.15, 0.2) is 0 Å². The number of carbonyl (C=O) groups is 1. The molecular weight excluding hydrogens is 224 g/mol. The molecule has 0 spiro atoms. The van der Waals surface area contributed by atoms with E-state index in [1.165, 1.54) is 0 Å². The molecule has 0 aliphatic heterocycles. The molecule has 4 heteroatoms. The lowest BCUT2D eigenvalue weighted by molar-refractivity contribution is -0.144. The number of hydrogen-bond acceptors (Lipinski definition) is 3. The van der Waals surface area contributed by atoms with E-state index in [-0.39, 0.29) is 37.4 Å². The van der Waals surface area contributed by atoms with Crippen molar-refractivity contribution in [3.05, 3.63) is 0 Å². The molecule has 3 nitrogen and oxygen atoms in total. The summed E-state index contributed by atoms with van der Waals surface area (Å²) in [5.74, 6) is -0.159. The molecule has 0 radical (unpaired) electrons. The standard InChI is InChI=1S/C12H24O3.H2S/c1-5-15-11(14)8-10(9-13)6-7-12(2,3)4;/h10,13H,5-9H2,1-4H3;1H2/t10-;/m0./s1.